The van der Waals surface area contributed by atoms with E-state index in [1.54, 1.807) is 6.07 Å². The predicted molar refractivity (Wildman–Crippen MR) is 96.9 cm³/mol. The van der Waals surface area contributed by atoms with Gasteiger partial charge < -0.3 is 20.3 Å². The van der Waals surface area contributed by atoms with Crippen LogP contribution < -0.4 is 10.6 Å². The Morgan fingerprint density at radius 1 is 1.38 bits per heavy atom. The second kappa shape index (κ2) is 6.85. The maximum absolute atomic E-state index is 12.7. The van der Waals surface area contributed by atoms with Crippen molar-refractivity contribution in [3.05, 3.63) is 52.9 Å². The molecule has 2 heterocycles. The standard InChI is InChI=1S/C20H25N3O3/c1-2-5-13-12-16(23-26-13)19(25)22-17-14-6-3-4-7-15(14)20(18(17)24)8-10-21-11-9-20/h3-4,6-7,12,17-18,21,24H,2,5,8-11H2,1H3,(H,22,25)/t17-,18+/m1/s1. The van der Waals surface area contributed by atoms with E-state index >= 15 is 0 Å². The minimum atomic E-state index is -0.645. The van der Waals surface area contributed by atoms with E-state index in [1.807, 2.05) is 25.1 Å². The first-order chi connectivity index (χ1) is 12.7. The number of aromatic nitrogens is 1. The van der Waals surface area contributed by atoms with Crippen molar-refractivity contribution in [2.75, 3.05) is 13.1 Å². The van der Waals surface area contributed by atoms with Crippen LogP contribution in [0.2, 0.25) is 0 Å². The average Bonchev–Trinajstić information content (AvgIpc) is 3.22. The first-order valence-corrected chi connectivity index (χ1v) is 9.40. The lowest BCUT2D eigenvalue weighted by atomic mass is 9.72. The number of hydrogen-bond acceptors (Lipinski definition) is 5. The van der Waals surface area contributed by atoms with Gasteiger partial charge in [0.15, 0.2) is 5.69 Å². The number of nitrogens with one attached hydrogen (secondary N) is 2. The van der Waals surface area contributed by atoms with Gasteiger partial charge in [-0.2, -0.15) is 0 Å². The smallest absolute Gasteiger partial charge is 0.274 e. The summed E-state index contributed by atoms with van der Waals surface area (Å²) in [5.74, 6) is 0.404. The minimum Gasteiger partial charge on any atom is -0.390 e. The number of hydrogen-bond donors (Lipinski definition) is 3. The van der Waals surface area contributed by atoms with Crippen molar-refractivity contribution in [2.24, 2.45) is 0 Å². The molecule has 2 aliphatic rings. The molecule has 1 amide bonds. The summed E-state index contributed by atoms with van der Waals surface area (Å²) >= 11 is 0. The first kappa shape index (κ1) is 17.2. The molecule has 1 fully saturated rings. The lowest BCUT2D eigenvalue weighted by molar-refractivity contribution is 0.0416. The van der Waals surface area contributed by atoms with Crippen LogP contribution in [0.25, 0.3) is 0 Å². The molecule has 26 heavy (non-hydrogen) atoms. The van der Waals surface area contributed by atoms with E-state index in [1.165, 1.54) is 0 Å². The highest BCUT2D eigenvalue weighted by Crippen LogP contribution is 2.50. The van der Waals surface area contributed by atoms with Gasteiger partial charge in [-0.05, 0) is 43.5 Å². The van der Waals surface area contributed by atoms with Crippen LogP contribution in [-0.4, -0.2) is 35.4 Å². The van der Waals surface area contributed by atoms with Gasteiger partial charge in [0.05, 0.1) is 12.1 Å². The summed E-state index contributed by atoms with van der Waals surface area (Å²) in [5, 5.41) is 21.4. The fraction of sp³-hybridized carbons (Fsp3) is 0.500. The molecule has 2 atom stereocenters. The zero-order valence-corrected chi connectivity index (χ0v) is 15.0. The number of nitrogens with zero attached hydrogens (tertiary/aromatic N) is 1. The van der Waals surface area contributed by atoms with Crippen LogP contribution in [-0.2, 0) is 11.8 Å². The third kappa shape index (κ3) is 2.73. The Balaban J connectivity index is 1.61. The number of piperidine rings is 1. The Bertz CT molecular complexity index is 795. The number of amides is 1. The topological polar surface area (TPSA) is 87.4 Å². The Labute approximate surface area is 153 Å². The largest absolute Gasteiger partial charge is 0.390 e. The number of rotatable bonds is 4. The van der Waals surface area contributed by atoms with Crippen molar-refractivity contribution in [1.29, 1.82) is 0 Å². The van der Waals surface area contributed by atoms with Gasteiger partial charge in [0.25, 0.3) is 5.91 Å². The number of carbonyl (C=O) groups excluding carboxylic acids is 1. The van der Waals surface area contributed by atoms with E-state index < -0.39 is 12.1 Å². The molecule has 1 spiro atoms. The SMILES string of the molecule is CCCc1cc(C(=O)N[C@@H]2c3ccccc3C3(CCNCC3)[C@H]2O)no1. The molecule has 6 nitrogen and oxygen atoms in total. The van der Waals surface area contributed by atoms with Gasteiger partial charge in [0.1, 0.15) is 5.76 Å². The molecule has 6 heteroatoms. The van der Waals surface area contributed by atoms with Crippen LogP contribution in [0.15, 0.2) is 34.9 Å². The molecule has 1 aliphatic carbocycles. The molecule has 2 aromatic rings. The highest BCUT2D eigenvalue weighted by Gasteiger charge is 2.52. The second-order valence-electron chi connectivity index (χ2n) is 7.32. The minimum absolute atomic E-state index is 0.268. The van der Waals surface area contributed by atoms with E-state index in [2.05, 4.69) is 21.9 Å². The quantitative estimate of drug-likeness (QED) is 0.782. The Kier molecular flexibility index (Phi) is 4.54. The molecule has 138 valence electrons. The average molecular weight is 355 g/mol. The number of aliphatic hydroxyl groups is 1. The molecule has 0 unspecified atom stereocenters. The van der Waals surface area contributed by atoms with E-state index in [-0.39, 0.29) is 17.0 Å². The lowest BCUT2D eigenvalue weighted by Crippen LogP contribution is -2.48. The fourth-order valence-corrected chi connectivity index (χ4v) is 4.46. The highest BCUT2D eigenvalue weighted by atomic mass is 16.5. The van der Waals surface area contributed by atoms with Crippen LogP contribution in [0.5, 0.6) is 0 Å². The van der Waals surface area contributed by atoms with Crippen molar-refractivity contribution in [3.8, 4) is 0 Å². The third-order valence-electron chi connectivity index (χ3n) is 5.78. The van der Waals surface area contributed by atoms with Crippen LogP contribution in [0.3, 0.4) is 0 Å². The lowest BCUT2D eigenvalue weighted by Gasteiger charge is -2.38. The summed E-state index contributed by atoms with van der Waals surface area (Å²) in [4.78, 5) is 12.7. The summed E-state index contributed by atoms with van der Waals surface area (Å²) in [6.45, 7) is 3.79. The van der Waals surface area contributed by atoms with Crippen molar-refractivity contribution in [3.63, 3.8) is 0 Å². The zero-order chi connectivity index (χ0) is 18.1. The molecule has 4 rings (SSSR count). The van der Waals surface area contributed by atoms with Crippen molar-refractivity contribution < 1.29 is 14.4 Å². The monoisotopic (exact) mass is 355 g/mol. The molecule has 1 aromatic carbocycles. The molecule has 1 saturated heterocycles. The van der Waals surface area contributed by atoms with E-state index in [0.717, 1.165) is 49.9 Å². The zero-order valence-electron chi connectivity index (χ0n) is 15.0. The van der Waals surface area contributed by atoms with Gasteiger partial charge in [0.2, 0.25) is 0 Å². The maximum Gasteiger partial charge on any atom is 0.274 e. The second-order valence-corrected chi connectivity index (χ2v) is 7.32. The van der Waals surface area contributed by atoms with Crippen LogP contribution >= 0.6 is 0 Å². The van der Waals surface area contributed by atoms with Crippen molar-refractivity contribution in [2.45, 2.75) is 50.2 Å². The molecule has 3 N–H and O–H groups in total. The van der Waals surface area contributed by atoms with Gasteiger partial charge in [0, 0.05) is 17.9 Å². The Morgan fingerprint density at radius 2 is 2.15 bits per heavy atom. The number of aliphatic hydroxyl groups excluding tert-OH is 1. The molecule has 0 bridgehead atoms. The van der Waals surface area contributed by atoms with Gasteiger partial charge in [-0.3, -0.25) is 4.79 Å². The van der Waals surface area contributed by atoms with Crippen LogP contribution in [0, 0.1) is 0 Å². The molecular formula is C20H25N3O3. The van der Waals surface area contributed by atoms with Crippen LogP contribution in [0.4, 0.5) is 0 Å². The number of carbonyl (C=O) groups is 1. The van der Waals surface area contributed by atoms with E-state index in [9.17, 15) is 9.90 Å². The maximum atomic E-state index is 12.7. The summed E-state index contributed by atoms with van der Waals surface area (Å²) in [7, 11) is 0. The summed E-state index contributed by atoms with van der Waals surface area (Å²) in [6, 6.07) is 9.32. The third-order valence-corrected chi connectivity index (χ3v) is 5.78. The number of fused-ring (bicyclic) bond motifs is 2. The van der Waals surface area contributed by atoms with E-state index in [4.69, 9.17) is 4.52 Å². The van der Waals surface area contributed by atoms with Gasteiger partial charge in [-0.15, -0.1) is 0 Å². The Hall–Kier alpha value is -2.18. The molecule has 0 saturated carbocycles. The number of benzene rings is 1. The van der Waals surface area contributed by atoms with Gasteiger partial charge in [-0.25, -0.2) is 0 Å². The van der Waals surface area contributed by atoms with Gasteiger partial charge in [-0.1, -0.05) is 36.3 Å². The number of aryl methyl sites for hydroxylation is 1. The Morgan fingerprint density at radius 3 is 2.92 bits per heavy atom. The highest BCUT2D eigenvalue weighted by molar-refractivity contribution is 5.92. The van der Waals surface area contributed by atoms with Gasteiger partial charge >= 0.3 is 0 Å². The normalized spacial score (nSPS) is 23.8. The molecular weight excluding hydrogens is 330 g/mol. The van der Waals surface area contributed by atoms with Crippen molar-refractivity contribution >= 4 is 5.91 Å². The molecule has 1 aromatic heterocycles. The van der Waals surface area contributed by atoms with Crippen LogP contribution in [0.1, 0.15) is 59.6 Å². The molecule has 1 aliphatic heterocycles. The van der Waals surface area contributed by atoms with E-state index in [0.29, 0.717) is 5.76 Å². The van der Waals surface area contributed by atoms with Crippen molar-refractivity contribution in [1.82, 2.24) is 15.8 Å². The summed E-state index contributed by atoms with van der Waals surface area (Å²) in [6.07, 6.45) is 2.77. The summed E-state index contributed by atoms with van der Waals surface area (Å²) in [5.41, 5.74) is 2.14. The predicted octanol–water partition coefficient (Wildman–Crippen LogP) is 2.09. The first-order valence-electron chi connectivity index (χ1n) is 9.40. The molecule has 0 radical (unpaired) electrons. The summed E-state index contributed by atoms with van der Waals surface area (Å²) < 4.78 is 5.22. The fourth-order valence-electron chi connectivity index (χ4n) is 4.46.